The standard InChI is InChI=1S/C28H35ClN4O5S/c1-2-3-10-22(33-26(34)24-18-20(29)13-16-25(24)31-28(33)36)17-19-11-14-23(15-12-19)39(37,38)32-27(35)30-21-8-6-4-5-7-9-21/h11-16,18,21-22H,2-10,17H2,1H3,(H,31,36)(H2,30,32,35). The summed E-state index contributed by atoms with van der Waals surface area (Å²) < 4.78 is 29.0. The van der Waals surface area contributed by atoms with Crippen molar-refractivity contribution in [3.63, 3.8) is 0 Å². The van der Waals surface area contributed by atoms with Gasteiger partial charge in [-0.2, -0.15) is 0 Å². The molecule has 3 aromatic rings. The van der Waals surface area contributed by atoms with Crippen LogP contribution < -0.4 is 21.3 Å². The zero-order chi connectivity index (χ0) is 28.0. The number of urea groups is 1. The largest absolute Gasteiger partial charge is 0.335 e. The molecule has 1 saturated carbocycles. The van der Waals surface area contributed by atoms with Gasteiger partial charge in [-0.3, -0.25) is 9.36 Å². The highest BCUT2D eigenvalue weighted by Gasteiger charge is 2.22. The Kier molecular flexibility index (Phi) is 9.50. The number of hydrogen-bond donors (Lipinski definition) is 3. The van der Waals surface area contributed by atoms with E-state index in [1.807, 2.05) is 6.92 Å². The van der Waals surface area contributed by atoms with Gasteiger partial charge in [-0.15, -0.1) is 0 Å². The molecule has 1 aliphatic rings. The van der Waals surface area contributed by atoms with Crippen molar-refractivity contribution in [3.8, 4) is 0 Å². The van der Waals surface area contributed by atoms with E-state index in [4.69, 9.17) is 11.6 Å². The Morgan fingerprint density at radius 2 is 1.77 bits per heavy atom. The molecule has 11 heteroatoms. The van der Waals surface area contributed by atoms with Crippen molar-refractivity contribution in [2.75, 3.05) is 0 Å². The highest BCUT2D eigenvalue weighted by Crippen LogP contribution is 2.22. The van der Waals surface area contributed by atoms with Gasteiger partial charge in [-0.05, 0) is 61.6 Å². The number of nitrogens with zero attached hydrogens (tertiary/aromatic N) is 1. The molecule has 1 unspecified atom stereocenters. The van der Waals surface area contributed by atoms with E-state index in [0.717, 1.165) is 56.9 Å². The first-order chi connectivity index (χ1) is 18.7. The Labute approximate surface area is 233 Å². The SMILES string of the molecule is CCCCC(Cc1ccc(S(=O)(=O)NC(=O)NC2CCCCCC2)cc1)n1c(=O)[nH]c2ccc(Cl)cc2c1=O. The Hall–Kier alpha value is -3.11. The molecule has 0 aliphatic heterocycles. The smallest absolute Gasteiger partial charge is 0.329 e. The first-order valence-corrected chi connectivity index (χ1v) is 15.4. The molecule has 1 aliphatic carbocycles. The third-order valence-corrected chi connectivity index (χ3v) is 8.85. The lowest BCUT2D eigenvalue weighted by Gasteiger charge is -2.20. The van der Waals surface area contributed by atoms with Crippen LogP contribution in [0.25, 0.3) is 10.9 Å². The van der Waals surface area contributed by atoms with Gasteiger partial charge in [0.05, 0.1) is 15.8 Å². The van der Waals surface area contributed by atoms with Crippen LogP contribution in [0.3, 0.4) is 0 Å². The number of amides is 2. The Balaban J connectivity index is 1.52. The molecule has 0 bridgehead atoms. The number of carbonyl (C=O) groups excluding carboxylic acids is 1. The van der Waals surface area contributed by atoms with Crippen molar-refractivity contribution in [2.24, 2.45) is 0 Å². The van der Waals surface area contributed by atoms with Crippen LogP contribution >= 0.6 is 11.6 Å². The minimum absolute atomic E-state index is 0.0252. The number of sulfonamides is 1. The minimum Gasteiger partial charge on any atom is -0.335 e. The quantitative estimate of drug-likeness (QED) is 0.309. The zero-order valence-electron chi connectivity index (χ0n) is 22.0. The molecule has 1 aromatic heterocycles. The fraction of sp³-hybridized carbons (Fsp3) is 0.464. The van der Waals surface area contributed by atoms with Crippen molar-refractivity contribution in [2.45, 2.75) is 88.1 Å². The number of fused-ring (bicyclic) bond motifs is 1. The summed E-state index contributed by atoms with van der Waals surface area (Å²) in [6.07, 6.45) is 8.61. The monoisotopic (exact) mass is 574 g/mol. The highest BCUT2D eigenvalue weighted by molar-refractivity contribution is 7.90. The maximum atomic E-state index is 13.3. The number of nitrogens with one attached hydrogen (secondary N) is 3. The summed E-state index contributed by atoms with van der Waals surface area (Å²) in [6.45, 7) is 2.03. The molecule has 39 heavy (non-hydrogen) atoms. The van der Waals surface area contributed by atoms with Crippen LogP contribution in [0, 0.1) is 0 Å². The van der Waals surface area contributed by atoms with E-state index >= 15 is 0 Å². The van der Waals surface area contributed by atoms with E-state index < -0.39 is 33.3 Å². The average molecular weight is 575 g/mol. The average Bonchev–Trinajstić information content (AvgIpc) is 3.16. The van der Waals surface area contributed by atoms with E-state index in [9.17, 15) is 22.8 Å². The third-order valence-electron chi connectivity index (χ3n) is 7.27. The van der Waals surface area contributed by atoms with Crippen molar-refractivity contribution in [3.05, 3.63) is 73.9 Å². The summed E-state index contributed by atoms with van der Waals surface area (Å²) >= 11 is 6.09. The van der Waals surface area contributed by atoms with Gasteiger partial charge in [0.1, 0.15) is 0 Å². The van der Waals surface area contributed by atoms with Crippen molar-refractivity contribution < 1.29 is 13.2 Å². The number of carbonyl (C=O) groups is 1. The minimum atomic E-state index is -4.06. The molecule has 2 amide bonds. The van der Waals surface area contributed by atoms with E-state index in [-0.39, 0.29) is 10.9 Å². The van der Waals surface area contributed by atoms with Gasteiger partial charge in [0.2, 0.25) is 0 Å². The first kappa shape index (κ1) is 28.9. The summed E-state index contributed by atoms with van der Waals surface area (Å²) in [4.78, 5) is 41.4. The summed E-state index contributed by atoms with van der Waals surface area (Å²) in [7, 11) is -4.06. The zero-order valence-corrected chi connectivity index (χ0v) is 23.6. The molecular formula is C28H35ClN4O5S. The summed E-state index contributed by atoms with van der Waals surface area (Å²) in [5.74, 6) is 0. The van der Waals surface area contributed by atoms with Crippen LogP contribution in [-0.2, 0) is 16.4 Å². The second kappa shape index (κ2) is 12.8. The highest BCUT2D eigenvalue weighted by atomic mass is 35.5. The number of aromatic nitrogens is 2. The van der Waals surface area contributed by atoms with Gasteiger partial charge in [0.25, 0.3) is 15.6 Å². The predicted octanol–water partition coefficient (Wildman–Crippen LogP) is 5.03. The van der Waals surface area contributed by atoms with Gasteiger partial charge in [-0.25, -0.2) is 22.7 Å². The number of H-pyrrole nitrogens is 1. The fourth-order valence-electron chi connectivity index (χ4n) is 5.19. The first-order valence-electron chi connectivity index (χ1n) is 13.5. The number of benzene rings is 2. The van der Waals surface area contributed by atoms with Crippen LogP contribution in [0.2, 0.25) is 5.02 Å². The van der Waals surface area contributed by atoms with Gasteiger partial charge < -0.3 is 10.3 Å². The summed E-state index contributed by atoms with van der Waals surface area (Å²) in [5.41, 5.74) is 0.264. The number of halogens is 1. The van der Waals surface area contributed by atoms with Gasteiger partial charge in [-0.1, -0.05) is 69.2 Å². The molecule has 210 valence electrons. The van der Waals surface area contributed by atoms with Crippen molar-refractivity contribution >= 4 is 38.6 Å². The third kappa shape index (κ3) is 7.30. The molecule has 1 fully saturated rings. The van der Waals surface area contributed by atoms with Crippen molar-refractivity contribution in [1.29, 1.82) is 0 Å². The molecule has 4 rings (SSSR count). The topological polar surface area (TPSA) is 130 Å². The molecule has 0 spiro atoms. The number of hydrogen-bond acceptors (Lipinski definition) is 5. The lowest BCUT2D eigenvalue weighted by Crippen LogP contribution is -2.44. The lowest BCUT2D eigenvalue weighted by atomic mass is 10.0. The fourth-order valence-corrected chi connectivity index (χ4v) is 6.28. The van der Waals surface area contributed by atoms with E-state index in [2.05, 4.69) is 15.0 Å². The molecule has 0 radical (unpaired) electrons. The second-order valence-electron chi connectivity index (χ2n) is 10.2. The molecule has 1 atom stereocenters. The Bertz CT molecular complexity index is 1520. The molecular weight excluding hydrogens is 540 g/mol. The predicted molar refractivity (Wildman–Crippen MR) is 153 cm³/mol. The van der Waals surface area contributed by atoms with Crippen LogP contribution in [0.15, 0.2) is 56.9 Å². The molecule has 3 N–H and O–H groups in total. The maximum absolute atomic E-state index is 13.3. The van der Waals surface area contributed by atoms with Crippen molar-refractivity contribution in [1.82, 2.24) is 19.6 Å². The number of rotatable bonds is 9. The van der Waals surface area contributed by atoms with Gasteiger partial charge in [0.15, 0.2) is 0 Å². The summed E-state index contributed by atoms with van der Waals surface area (Å²) in [6, 6.07) is 9.74. The number of aromatic amines is 1. The summed E-state index contributed by atoms with van der Waals surface area (Å²) in [5, 5.41) is 3.52. The van der Waals surface area contributed by atoms with Crippen LogP contribution in [-0.4, -0.2) is 30.0 Å². The van der Waals surface area contributed by atoms with Crippen LogP contribution in [0.5, 0.6) is 0 Å². The normalized spacial score (nSPS) is 15.5. The maximum Gasteiger partial charge on any atom is 0.329 e. The lowest BCUT2D eigenvalue weighted by molar-refractivity contribution is 0.240. The molecule has 9 nitrogen and oxygen atoms in total. The van der Waals surface area contributed by atoms with E-state index in [0.29, 0.717) is 28.8 Å². The van der Waals surface area contributed by atoms with Crippen LogP contribution in [0.1, 0.15) is 76.3 Å². The van der Waals surface area contributed by atoms with Gasteiger partial charge >= 0.3 is 11.7 Å². The second-order valence-corrected chi connectivity index (χ2v) is 12.3. The van der Waals surface area contributed by atoms with E-state index in [1.165, 1.54) is 16.7 Å². The van der Waals surface area contributed by atoms with Crippen LogP contribution in [0.4, 0.5) is 4.79 Å². The van der Waals surface area contributed by atoms with Gasteiger partial charge in [0, 0.05) is 17.1 Å². The molecule has 0 saturated heterocycles. The molecule has 1 heterocycles. The van der Waals surface area contributed by atoms with E-state index in [1.54, 1.807) is 30.3 Å². The Morgan fingerprint density at radius 1 is 1.08 bits per heavy atom. The Morgan fingerprint density at radius 3 is 2.44 bits per heavy atom. The number of unbranched alkanes of at least 4 members (excludes halogenated alkanes) is 1. The molecule has 2 aromatic carbocycles.